The molecule has 1 aliphatic heterocycles. The highest BCUT2D eigenvalue weighted by atomic mass is 19.1. The molecule has 0 amide bonds. The summed E-state index contributed by atoms with van der Waals surface area (Å²) in [6.07, 6.45) is 8.81. The van der Waals surface area contributed by atoms with Crippen molar-refractivity contribution in [2.75, 3.05) is 6.54 Å². The third-order valence-electron chi connectivity index (χ3n) is 3.11. The minimum Gasteiger partial charge on any atom is -0.362 e. The Kier molecular flexibility index (Phi) is 3.23. The van der Waals surface area contributed by atoms with Gasteiger partial charge in [0.1, 0.15) is 5.82 Å². The molecule has 3 heterocycles. The monoisotopic (exact) mass is 255 g/mol. The number of nitrogens with zero attached hydrogens (tertiary/aromatic N) is 2. The fraction of sp³-hybridized carbons (Fsp3) is 0.200. The van der Waals surface area contributed by atoms with E-state index in [1.165, 1.54) is 12.3 Å². The SMILES string of the molecule is Fc1cncc(C2=NCCC/C2=C\c2ccc[nH]2)c1. The first-order valence-electron chi connectivity index (χ1n) is 6.32. The predicted molar refractivity (Wildman–Crippen MR) is 73.6 cm³/mol. The maximum atomic E-state index is 13.3. The van der Waals surface area contributed by atoms with E-state index in [0.717, 1.165) is 41.9 Å². The molecule has 2 aromatic heterocycles. The van der Waals surface area contributed by atoms with Crippen molar-refractivity contribution < 1.29 is 4.39 Å². The highest BCUT2D eigenvalue weighted by molar-refractivity contribution is 6.15. The lowest BCUT2D eigenvalue weighted by molar-refractivity contribution is 0.621. The molecular weight excluding hydrogens is 241 g/mol. The second-order valence-corrected chi connectivity index (χ2v) is 4.52. The molecule has 3 nitrogen and oxygen atoms in total. The number of aliphatic imine (C=N–C) groups is 1. The third kappa shape index (κ3) is 2.62. The zero-order valence-electron chi connectivity index (χ0n) is 10.4. The van der Waals surface area contributed by atoms with Gasteiger partial charge in [-0.25, -0.2) is 4.39 Å². The van der Waals surface area contributed by atoms with Crippen LogP contribution in [0.5, 0.6) is 0 Å². The highest BCUT2D eigenvalue weighted by Gasteiger charge is 2.15. The molecule has 0 bridgehead atoms. The molecular formula is C15H14FN3. The van der Waals surface area contributed by atoms with Gasteiger partial charge in [0, 0.05) is 30.2 Å². The third-order valence-corrected chi connectivity index (χ3v) is 3.11. The molecule has 0 atom stereocenters. The van der Waals surface area contributed by atoms with Crippen molar-refractivity contribution in [2.24, 2.45) is 4.99 Å². The summed E-state index contributed by atoms with van der Waals surface area (Å²) in [5.41, 5.74) is 3.76. The topological polar surface area (TPSA) is 41.0 Å². The first kappa shape index (κ1) is 11.8. The molecule has 4 heteroatoms. The Hall–Kier alpha value is -2.23. The molecule has 19 heavy (non-hydrogen) atoms. The number of H-pyrrole nitrogens is 1. The quantitative estimate of drug-likeness (QED) is 0.879. The van der Waals surface area contributed by atoms with Crippen LogP contribution in [0.1, 0.15) is 24.1 Å². The molecule has 2 aromatic rings. The zero-order valence-corrected chi connectivity index (χ0v) is 10.4. The fourth-order valence-electron chi connectivity index (χ4n) is 2.26. The Morgan fingerprint density at radius 1 is 1.32 bits per heavy atom. The predicted octanol–water partition coefficient (Wildman–Crippen LogP) is 3.22. The number of allylic oxidation sites excluding steroid dienone is 1. The molecule has 1 N–H and O–H groups in total. The van der Waals surface area contributed by atoms with Crippen LogP contribution in [0.15, 0.2) is 47.4 Å². The Bertz CT molecular complexity index is 627. The lowest BCUT2D eigenvalue weighted by Gasteiger charge is -2.16. The largest absolute Gasteiger partial charge is 0.362 e. The Balaban J connectivity index is 2.00. The van der Waals surface area contributed by atoms with Gasteiger partial charge >= 0.3 is 0 Å². The molecule has 1 aliphatic rings. The van der Waals surface area contributed by atoms with E-state index in [0.29, 0.717) is 0 Å². The van der Waals surface area contributed by atoms with Crippen molar-refractivity contribution in [3.05, 3.63) is 59.4 Å². The maximum Gasteiger partial charge on any atom is 0.142 e. The van der Waals surface area contributed by atoms with Crippen LogP contribution in [0.3, 0.4) is 0 Å². The normalized spacial score (nSPS) is 17.5. The van der Waals surface area contributed by atoms with Crippen LogP contribution in [0.4, 0.5) is 4.39 Å². The van der Waals surface area contributed by atoms with Crippen LogP contribution in [0.25, 0.3) is 6.08 Å². The summed E-state index contributed by atoms with van der Waals surface area (Å²) >= 11 is 0. The molecule has 96 valence electrons. The van der Waals surface area contributed by atoms with Crippen molar-refractivity contribution in [1.29, 1.82) is 0 Å². The van der Waals surface area contributed by atoms with Crippen LogP contribution in [0, 0.1) is 5.82 Å². The second kappa shape index (κ2) is 5.18. The Labute approximate surface area is 110 Å². The number of nitrogens with one attached hydrogen (secondary N) is 1. The molecule has 0 aliphatic carbocycles. The van der Waals surface area contributed by atoms with E-state index in [9.17, 15) is 4.39 Å². The van der Waals surface area contributed by atoms with Crippen molar-refractivity contribution in [3.8, 4) is 0 Å². The van der Waals surface area contributed by atoms with Gasteiger partial charge in [0.25, 0.3) is 0 Å². The van der Waals surface area contributed by atoms with Gasteiger partial charge in [-0.1, -0.05) is 0 Å². The lowest BCUT2D eigenvalue weighted by atomic mass is 9.96. The molecule has 0 unspecified atom stereocenters. The molecule has 0 saturated heterocycles. The highest BCUT2D eigenvalue weighted by Crippen LogP contribution is 2.21. The zero-order chi connectivity index (χ0) is 13.1. The van der Waals surface area contributed by atoms with Gasteiger partial charge in [0.05, 0.1) is 11.9 Å². The summed E-state index contributed by atoms with van der Waals surface area (Å²) in [6, 6.07) is 5.44. The minimum atomic E-state index is -0.329. The fourth-order valence-corrected chi connectivity index (χ4v) is 2.26. The van der Waals surface area contributed by atoms with E-state index >= 15 is 0 Å². The van der Waals surface area contributed by atoms with Crippen molar-refractivity contribution in [1.82, 2.24) is 9.97 Å². The van der Waals surface area contributed by atoms with Gasteiger partial charge in [0.15, 0.2) is 0 Å². The standard InChI is InChI=1S/C15H14FN3/c16-13-7-12(9-17-10-13)15-11(3-1-6-19-15)8-14-4-2-5-18-14/h2,4-5,7-10,18H,1,3,6H2/b11-8+. The maximum absolute atomic E-state index is 13.3. The van der Waals surface area contributed by atoms with E-state index in [4.69, 9.17) is 0 Å². The Morgan fingerprint density at radius 3 is 3.05 bits per heavy atom. The summed E-state index contributed by atoms with van der Waals surface area (Å²) in [4.78, 5) is 11.6. The lowest BCUT2D eigenvalue weighted by Crippen LogP contribution is -2.12. The van der Waals surface area contributed by atoms with Crippen molar-refractivity contribution >= 4 is 11.8 Å². The second-order valence-electron chi connectivity index (χ2n) is 4.52. The van der Waals surface area contributed by atoms with Crippen molar-refractivity contribution in [3.63, 3.8) is 0 Å². The number of rotatable bonds is 2. The van der Waals surface area contributed by atoms with E-state index in [1.807, 2.05) is 18.3 Å². The number of aromatic amines is 1. The van der Waals surface area contributed by atoms with Crippen LogP contribution in [-0.4, -0.2) is 22.2 Å². The van der Waals surface area contributed by atoms with Crippen LogP contribution < -0.4 is 0 Å². The Morgan fingerprint density at radius 2 is 2.26 bits per heavy atom. The summed E-state index contributed by atoms with van der Waals surface area (Å²) in [5, 5.41) is 0. The molecule has 0 spiro atoms. The number of hydrogen-bond donors (Lipinski definition) is 1. The van der Waals surface area contributed by atoms with E-state index in [1.54, 1.807) is 6.20 Å². The molecule has 0 saturated carbocycles. The minimum absolute atomic E-state index is 0.329. The van der Waals surface area contributed by atoms with Crippen LogP contribution in [-0.2, 0) is 0 Å². The van der Waals surface area contributed by atoms with E-state index < -0.39 is 0 Å². The first-order valence-corrected chi connectivity index (χ1v) is 6.32. The molecule has 3 rings (SSSR count). The van der Waals surface area contributed by atoms with Gasteiger partial charge in [0.2, 0.25) is 0 Å². The smallest absolute Gasteiger partial charge is 0.142 e. The van der Waals surface area contributed by atoms with E-state index in [2.05, 4.69) is 21.0 Å². The summed E-state index contributed by atoms with van der Waals surface area (Å²) in [5.74, 6) is -0.329. The van der Waals surface area contributed by atoms with Gasteiger partial charge < -0.3 is 4.98 Å². The molecule has 0 fully saturated rings. The van der Waals surface area contributed by atoms with E-state index in [-0.39, 0.29) is 5.82 Å². The van der Waals surface area contributed by atoms with Crippen molar-refractivity contribution in [2.45, 2.75) is 12.8 Å². The van der Waals surface area contributed by atoms with Gasteiger partial charge in [-0.05, 0) is 42.7 Å². The number of hydrogen-bond acceptors (Lipinski definition) is 2. The average molecular weight is 255 g/mol. The first-order chi connectivity index (χ1) is 9.33. The van der Waals surface area contributed by atoms with Gasteiger partial charge in [-0.15, -0.1) is 0 Å². The van der Waals surface area contributed by atoms with Crippen LogP contribution in [0.2, 0.25) is 0 Å². The molecule has 0 aromatic carbocycles. The number of halogens is 1. The van der Waals surface area contributed by atoms with Gasteiger partial charge in [-0.2, -0.15) is 0 Å². The summed E-state index contributed by atoms with van der Waals surface area (Å²) in [6.45, 7) is 0.786. The average Bonchev–Trinajstić information content (AvgIpc) is 2.92. The number of aromatic nitrogens is 2. The summed E-state index contributed by atoms with van der Waals surface area (Å²) < 4.78 is 13.3. The number of pyridine rings is 1. The van der Waals surface area contributed by atoms with Crippen LogP contribution >= 0.6 is 0 Å². The molecule has 0 radical (unpaired) electrons. The summed E-state index contributed by atoms with van der Waals surface area (Å²) in [7, 11) is 0. The van der Waals surface area contributed by atoms with Gasteiger partial charge in [-0.3, -0.25) is 9.98 Å².